The molecule has 0 saturated heterocycles. The van der Waals surface area contributed by atoms with Crippen molar-refractivity contribution in [3.63, 3.8) is 0 Å². The zero-order valence-corrected chi connectivity index (χ0v) is 16.7. The molecule has 1 heterocycles. The summed E-state index contributed by atoms with van der Waals surface area (Å²) in [5, 5.41) is 18.7. The van der Waals surface area contributed by atoms with Crippen LogP contribution in [0, 0.1) is 0 Å². The van der Waals surface area contributed by atoms with Gasteiger partial charge in [-0.2, -0.15) is 5.21 Å². The average molecular weight is 404 g/mol. The number of tetrazole rings is 1. The standard InChI is InChI=1S/C18H24N6O5/c1-18(2,3)29-17(27)20-13(16(26)28-4)9-10-14(25)19-12-7-5-11(6-8-12)15-21-23-24-22-15/h5-8,13H,9-10H2,1-4H3,(H,19,25)(H,20,27)(H,21,22,23,24)/t13-/m0/s1. The van der Waals surface area contributed by atoms with E-state index in [0.717, 1.165) is 5.56 Å². The summed E-state index contributed by atoms with van der Waals surface area (Å²) in [6.07, 6.45) is -0.716. The highest BCUT2D eigenvalue weighted by atomic mass is 16.6. The van der Waals surface area contributed by atoms with Crippen LogP contribution in [-0.4, -0.2) is 57.3 Å². The number of ether oxygens (including phenoxy) is 2. The summed E-state index contributed by atoms with van der Waals surface area (Å²) < 4.78 is 9.81. The molecule has 0 spiro atoms. The summed E-state index contributed by atoms with van der Waals surface area (Å²) in [6.45, 7) is 5.12. The average Bonchev–Trinajstić information content (AvgIpc) is 3.18. The molecule has 0 aliphatic rings. The van der Waals surface area contributed by atoms with Crippen molar-refractivity contribution >= 4 is 23.7 Å². The van der Waals surface area contributed by atoms with Crippen LogP contribution in [0.4, 0.5) is 10.5 Å². The summed E-state index contributed by atoms with van der Waals surface area (Å²) in [4.78, 5) is 36.0. The van der Waals surface area contributed by atoms with Gasteiger partial charge < -0.3 is 20.1 Å². The molecule has 0 saturated carbocycles. The Morgan fingerprint density at radius 3 is 2.41 bits per heavy atom. The summed E-state index contributed by atoms with van der Waals surface area (Å²) in [5.74, 6) is -0.539. The fraction of sp³-hybridized carbons (Fsp3) is 0.444. The molecule has 29 heavy (non-hydrogen) atoms. The zero-order valence-electron chi connectivity index (χ0n) is 16.7. The molecule has 0 fully saturated rings. The lowest BCUT2D eigenvalue weighted by Gasteiger charge is -2.22. The number of aromatic nitrogens is 4. The van der Waals surface area contributed by atoms with Gasteiger partial charge in [0, 0.05) is 17.7 Å². The largest absolute Gasteiger partial charge is 0.467 e. The Morgan fingerprint density at radius 1 is 1.17 bits per heavy atom. The Kier molecular flexibility index (Phi) is 7.23. The van der Waals surface area contributed by atoms with Crippen LogP contribution >= 0.6 is 0 Å². The van der Waals surface area contributed by atoms with E-state index in [1.165, 1.54) is 7.11 Å². The Hall–Kier alpha value is -3.50. The van der Waals surface area contributed by atoms with Crippen LogP contribution < -0.4 is 10.6 Å². The third-order valence-electron chi connectivity index (χ3n) is 3.61. The topological polar surface area (TPSA) is 148 Å². The predicted molar refractivity (Wildman–Crippen MR) is 103 cm³/mol. The lowest BCUT2D eigenvalue weighted by atomic mass is 10.1. The van der Waals surface area contributed by atoms with Gasteiger partial charge in [0.25, 0.3) is 0 Å². The molecule has 156 valence electrons. The van der Waals surface area contributed by atoms with Crippen molar-refractivity contribution in [2.75, 3.05) is 12.4 Å². The van der Waals surface area contributed by atoms with Crippen molar-refractivity contribution in [1.29, 1.82) is 0 Å². The van der Waals surface area contributed by atoms with Gasteiger partial charge in [0.15, 0.2) is 0 Å². The number of methoxy groups -OCH3 is 1. The van der Waals surface area contributed by atoms with Gasteiger partial charge in [0.1, 0.15) is 11.6 Å². The van der Waals surface area contributed by atoms with Gasteiger partial charge in [-0.25, -0.2) is 9.59 Å². The number of H-pyrrole nitrogens is 1. The first-order chi connectivity index (χ1) is 13.7. The Morgan fingerprint density at radius 2 is 1.86 bits per heavy atom. The highest BCUT2D eigenvalue weighted by Crippen LogP contribution is 2.17. The first-order valence-electron chi connectivity index (χ1n) is 8.89. The lowest BCUT2D eigenvalue weighted by molar-refractivity contribution is -0.143. The zero-order chi connectivity index (χ0) is 21.4. The maximum Gasteiger partial charge on any atom is 0.408 e. The Labute approximate surface area is 167 Å². The van der Waals surface area contributed by atoms with Crippen LogP contribution in [-0.2, 0) is 19.1 Å². The number of hydrogen-bond donors (Lipinski definition) is 3. The van der Waals surface area contributed by atoms with E-state index in [4.69, 9.17) is 4.74 Å². The van der Waals surface area contributed by atoms with Gasteiger partial charge in [-0.3, -0.25) is 4.79 Å². The molecule has 0 bridgehead atoms. The highest BCUT2D eigenvalue weighted by Gasteiger charge is 2.25. The number of nitrogens with one attached hydrogen (secondary N) is 3. The van der Waals surface area contributed by atoms with Crippen molar-refractivity contribution in [2.45, 2.75) is 45.3 Å². The molecule has 0 aliphatic carbocycles. The SMILES string of the molecule is COC(=O)[C@H](CCC(=O)Nc1ccc(-c2nn[nH]n2)cc1)NC(=O)OC(C)(C)C. The molecule has 2 amide bonds. The second kappa shape index (κ2) is 9.62. The molecule has 1 aromatic heterocycles. The van der Waals surface area contributed by atoms with Crippen molar-refractivity contribution in [3.8, 4) is 11.4 Å². The molecule has 1 atom stereocenters. The Balaban J connectivity index is 1.88. The third kappa shape index (κ3) is 7.20. The summed E-state index contributed by atoms with van der Waals surface area (Å²) >= 11 is 0. The van der Waals surface area contributed by atoms with Crippen LogP contribution in [0.3, 0.4) is 0 Å². The maximum atomic E-state index is 12.2. The van der Waals surface area contributed by atoms with Gasteiger partial charge in [-0.15, -0.1) is 10.2 Å². The van der Waals surface area contributed by atoms with Gasteiger partial charge in [-0.05, 0) is 56.7 Å². The van der Waals surface area contributed by atoms with Crippen molar-refractivity contribution < 1.29 is 23.9 Å². The van der Waals surface area contributed by atoms with Crippen molar-refractivity contribution in [3.05, 3.63) is 24.3 Å². The number of hydrogen-bond acceptors (Lipinski definition) is 8. The van der Waals surface area contributed by atoms with Crippen molar-refractivity contribution in [1.82, 2.24) is 25.9 Å². The number of benzene rings is 1. The lowest BCUT2D eigenvalue weighted by Crippen LogP contribution is -2.44. The number of carbonyl (C=O) groups excluding carboxylic acids is 3. The first kappa shape index (κ1) is 21.8. The van der Waals surface area contributed by atoms with Crippen LogP contribution in [0.5, 0.6) is 0 Å². The minimum atomic E-state index is -0.999. The number of nitrogens with zero attached hydrogens (tertiary/aromatic N) is 3. The highest BCUT2D eigenvalue weighted by molar-refractivity contribution is 5.91. The van der Waals surface area contributed by atoms with E-state index < -0.39 is 23.7 Å². The molecule has 0 aliphatic heterocycles. The number of carbonyl (C=O) groups is 3. The van der Waals surface area contributed by atoms with Gasteiger partial charge >= 0.3 is 12.1 Å². The molecule has 2 rings (SSSR count). The fourth-order valence-electron chi connectivity index (χ4n) is 2.33. The van der Waals surface area contributed by atoms with E-state index in [1.807, 2.05) is 0 Å². The number of anilines is 1. The minimum absolute atomic E-state index is 0.0117. The molecule has 3 N–H and O–H groups in total. The molecular weight excluding hydrogens is 380 g/mol. The summed E-state index contributed by atoms with van der Waals surface area (Å²) in [6, 6.07) is 5.87. The minimum Gasteiger partial charge on any atom is -0.467 e. The van der Waals surface area contributed by atoms with Gasteiger partial charge in [0.2, 0.25) is 11.7 Å². The summed E-state index contributed by atoms with van der Waals surface area (Å²) in [7, 11) is 1.21. The number of aromatic amines is 1. The number of alkyl carbamates (subject to hydrolysis) is 1. The predicted octanol–water partition coefficient (Wildman–Crippen LogP) is 1.65. The van der Waals surface area contributed by atoms with Gasteiger partial charge in [-0.1, -0.05) is 0 Å². The van der Waals surface area contributed by atoms with Crippen LogP contribution in [0.25, 0.3) is 11.4 Å². The third-order valence-corrected chi connectivity index (χ3v) is 3.61. The van der Waals surface area contributed by atoms with E-state index in [-0.39, 0.29) is 18.7 Å². The normalized spacial score (nSPS) is 12.0. The molecule has 11 nitrogen and oxygen atoms in total. The first-order valence-corrected chi connectivity index (χ1v) is 8.89. The molecule has 11 heteroatoms. The second-order valence-corrected chi connectivity index (χ2v) is 7.12. The van der Waals surface area contributed by atoms with E-state index in [2.05, 4.69) is 36.0 Å². The van der Waals surface area contributed by atoms with E-state index in [1.54, 1.807) is 45.0 Å². The Bertz CT molecular complexity index is 829. The maximum absolute atomic E-state index is 12.2. The molecule has 0 unspecified atom stereocenters. The molecule has 1 aromatic carbocycles. The van der Waals surface area contributed by atoms with Crippen LogP contribution in [0.2, 0.25) is 0 Å². The van der Waals surface area contributed by atoms with Crippen LogP contribution in [0.15, 0.2) is 24.3 Å². The fourth-order valence-corrected chi connectivity index (χ4v) is 2.33. The van der Waals surface area contributed by atoms with Gasteiger partial charge in [0.05, 0.1) is 7.11 Å². The quantitative estimate of drug-likeness (QED) is 0.590. The molecule has 0 radical (unpaired) electrons. The number of amides is 2. The number of rotatable bonds is 7. The summed E-state index contributed by atoms with van der Waals surface area (Å²) in [5.41, 5.74) is 0.594. The molecule has 2 aromatic rings. The smallest absolute Gasteiger partial charge is 0.408 e. The van der Waals surface area contributed by atoms with E-state index in [9.17, 15) is 14.4 Å². The van der Waals surface area contributed by atoms with E-state index in [0.29, 0.717) is 11.5 Å². The van der Waals surface area contributed by atoms with Crippen molar-refractivity contribution in [2.24, 2.45) is 0 Å². The monoisotopic (exact) mass is 404 g/mol. The van der Waals surface area contributed by atoms with E-state index >= 15 is 0 Å². The van der Waals surface area contributed by atoms with Crippen LogP contribution in [0.1, 0.15) is 33.6 Å². The number of esters is 1. The molecular formula is C18H24N6O5. The second-order valence-electron chi connectivity index (χ2n) is 7.12.